The predicted octanol–water partition coefficient (Wildman–Crippen LogP) is -0.464. The van der Waals surface area contributed by atoms with E-state index < -0.39 is 11.5 Å². The summed E-state index contributed by atoms with van der Waals surface area (Å²) in [6.07, 6.45) is 8.83. The average Bonchev–Trinajstić information content (AvgIpc) is 2.21. The van der Waals surface area contributed by atoms with Crippen molar-refractivity contribution in [1.29, 1.82) is 0 Å². The number of hydrogen-bond acceptors (Lipinski definition) is 3. The van der Waals surface area contributed by atoms with Crippen molar-refractivity contribution in [2.24, 2.45) is 11.3 Å². The molecule has 1 aliphatic rings. The SMILES string of the molecule is CC(C)CCCC1(C=O)CCC=CC1O.[Na+].[OH-]. The van der Waals surface area contributed by atoms with Crippen LogP contribution in [-0.4, -0.2) is 23.0 Å². The molecule has 0 saturated carbocycles. The minimum Gasteiger partial charge on any atom is -0.870 e. The van der Waals surface area contributed by atoms with Gasteiger partial charge >= 0.3 is 29.6 Å². The number of hydrogen-bond donors (Lipinski definition) is 1. The van der Waals surface area contributed by atoms with Crippen molar-refractivity contribution in [3.05, 3.63) is 12.2 Å². The maximum atomic E-state index is 11.2. The zero-order valence-electron chi connectivity index (χ0n) is 11.2. The van der Waals surface area contributed by atoms with Crippen LogP contribution in [0, 0.1) is 11.3 Å². The van der Waals surface area contributed by atoms with Crippen LogP contribution in [-0.2, 0) is 4.79 Å². The molecule has 1 aliphatic carbocycles. The molecule has 17 heavy (non-hydrogen) atoms. The number of carbonyl (C=O) groups excluding carboxylic acids is 1. The third-order valence-corrected chi connectivity index (χ3v) is 3.34. The summed E-state index contributed by atoms with van der Waals surface area (Å²) in [7, 11) is 0. The van der Waals surface area contributed by atoms with E-state index in [1.54, 1.807) is 6.08 Å². The van der Waals surface area contributed by atoms with Crippen LogP contribution in [0.15, 0.2) is 12.2 Å². The fourth-order valence-electron chi connectivity index (χ4n) is 2.22. The summed E-state index contributed by atoms with van der Waals surface area (Å²) in [6, 6.07) is 0. The molecule has 2 atom stereocenters. The van der Waals surface area contributed by atoms with E-state index in [-0.39, 0.29) is 35.0 Å². The molecule has 0 heterocycles. The van der Waals surface area contributed by atoms with Gasteiger partial charge in [0.25, 0.3) is 0 Å². The quantitative estimate of drug-likeness (QED) is 0.408. The first-order chi connectivity index (χ1) is 7.10. The van der Waals surface area contributed by atoms with Crippen molar-refractivity contribution < 1.29 is 44.9 Å². The second kappa shape index (κ2) is 9.29. The summed E-state index contributed by atoms with van der Waals surface area (Å²) in [4.78, 5) is 11.2. The molecule has 0 aromatic rings. The van der Waals surface area contributed by atoms with Crippen LogP contribution in [0.4, 0.5) is 0 Å². The number of aldehydes is 1. The number of carbonyl (C=O) groups is 1. The van der Waals surface area contributed by atoms with Gasteiger partial charge in [-0.1, -0.05) is 38.8 Å². The van der Waals surface area contributed by atoms with Gasteiger partial charge in [0.05, 0.1) is 11.5 Å². The Kier molecular flexibility index (Phi) is 10.7. The van der Waals surface area contributed by atoms with E-state index in [4.69, 9.17) is 0 Å². The van der Waals surface area contributed by atoms with Crippen LogP contribution >= 0.6 is 0 Å². The molecule has 0 fully saturated rings. The van der Waals surface area contributed by atoms with Crippen LogP contribution < -0.4 is 29.6 Å². The summed E-state index contributed by atoms with van der Waals surface area (Å²) >= 11 is 0. The molecule has 0 saturated heterocycles. The van der Waals surface area contributed by atoms with Crippen LogP contribution in [0.3, 0.4) is 0 Å². The molecule has 0 aliphatic heterocycles. The summed E-state index contributed by atoms with van der Waals surface area (Å²) in [5.74, 6) is 0.671. The second-order valence-electron chi connectivity index (χ2n) is 5.05. The predicted molar refractivity (Wildman–Crippen MR) is 63.5 cm³/mol. The number of aliphatic hydroxyl groups excluding tert-OH is 1. The average molecular weight is 250 g/mol. The fourth-order valence-corrected chi connectivity index (χ4v) is 2.22. The third-order valence-electron chi connectivity index (χ3n) is 3.34. The molecule has 0 amide bonds. The number of allylic oxidation sites excluding steroid dienone is 1. The van der Waals surface area contributed by atoms with Gasteiger partial charge in [0, 0.05) is 0 Å². The van der Waals surface area contributed by atoms with E-state index in [1.807, 2.05) is 6.08 Å². The zero-order valence-corrected chi connectivity index (χ0v) is 13.2. The standard InChI is InChI=1S/C13H22O2.Na.H2O/c1-11(2)6-5-9-13(10-14)8-4-3-7-12(13)15;;/h3,7,10-12,15H,4-6,8-9H2,1-2H3;;1H2/q;+1;/p-1. The fraction of sp³-hybridized carbons (Fsp3) is 0.769. The van der Waals surface area contributed by atoms with Gasteiger partial charge in [-0.3, -0.25) is 0 Å². The third kappa shape index (κ3) is 5.66. The maximum absolute atomic E-state index is 11.2. The van der Waals surface area contributed by atoms with Gasteiger partial charge in [0.1, 0.15) is 6.29 Å². The number of aliphatic hydroxyl groups is 1. The van der Waals surface area contributed by atoms with Crippen molar-refractivity contribution in [2.45, 2.75) is 52.1 Å². The summed E-state index contributed by atoms with van der Waals surface area (Å²) in [5, 5.41) is 9.87. The largest absolute Gasteiger partial charge is 1.00 e. The summed E-state index contributed by atoms with van der Waals surface area (Å²) in [6.45, 7) is 4.37. The maximum Gasteiger partial charge on any atom is 1.00 e. The van der Waals surface area contributed by atoms with Crippen molar-refractivity contribution in [1.82, 2.24) is 0 Å². The van der Waals surface area contributed by atoms with Crippen LogP contribution in [0.2, 0.25) is 0 Å². The van der Waals surface area contributed by atoms with Gasteiger partial charge in [-0.25, -0.2) is 0 Å². The van der Waals surface area contributed by atoms with E-state index in [9.17, 15) is 9.90 Å². The Balaban J connectivity index is 0. The normalized spacial score (nSPS) is 27.2. The molecule has 0 aromatic heterocycles. The second-order valence-corrected chi connectivity index (χ2v) is 5.05. The van der Waals surface area contributed by atoms with Gasteiger partial charge < -0.3 is 15.4 Å². The zero-order chi connectivity index (χ0) is 11.3. The Morgan fingerprint density at radius 3 is 2.65 bits per heavy atom. The van der Waals surface area contributed by atoms with E-state index in [2.05, 4.69) is 13.8 Å². The van der Waals surface area contributed by atoms with Gasteiger partial charge in [0.2, 0.25) is 0 Å². The summed E-state index contributed by atoms with van der Waals surface area (Å²) < 4.78 is 0. The smallest absolute Gasteiger partial charge is 0.870 e. The Labute approximate surface area is 126 Å². The topological polar surface area (TPSA) is 67.3 Å². The van der Waals surface area contributed by atoms with Gasteiger partial charge in [-0.05, 0) is 25.2 Å². The van der Waals surface area contributed by atoms with E-state index in [0.717, 1.165) is 38.4 Å². The van der Waals surface area contributed by atoms with Gasteiger partial charge in [-0.2, -0.15) is 0 Å². The molecule has 0 aromatic carbocycles. The molecule has 2 N–H and O–H groups in total. The van der Waals surface area contributed by atoms with Crippen molar-refractivity contribution >= 4 is 6.29 Å². The van der Waals surface area contributed by atoms with E-state index in [1.165, 1.54) is 0 Å². The molecule has 0 radical (unpaired) electrons. The first-order valence-corrected chi connectivity index (χ1v) is 5.92. The van der Waals surface area contributed by atoms with E-state index in [0.29, 0.717) is 5.92 Å². The molecule has 0 bridgehead atoms. The van der Waals surface area contributed by atoms with E-state index >= 15 is 0 Å². The Bertz CT molecular complexity index is 241. The Morgan fingerprint density at radius 2 is 2.18 bits per heavy atom. The molecular weight excluding hydrogens is 227 g/mol. The summed E-state index contributed by atoms with van der Waals surface area (Å²) in [5.41, 5.74) is -0.496. The monoisotopic (exact) mass is 250 g/mol. The van der Waals surface area contributed by atoms with Gasteiger partial charge in [-0.15, -0.1) is 0 Å². The van der Waals surface area contributed by atoms with Crippen LogP contribution in [0.5, 0.6) is 0 Å². The molecule has 0 spiro atoms. The Morgan fingerprint density at radius 1 is 1.53 bits per heavy atom. The van der Waals surface area contributed by atoms with Crippen LogP contribution in [0.25, 0.3) is 0 Å². The first kappa shape index (κ1) is 19.7. The van der Waals surface area contributed by atoms with Crippen molar-refractivity contribution in [2.75, 3.05) is 0 Å². The molecule has 1 rings (SSSR count). The molecular formula is C13H23NaO3. The van der Waals surface area contributed by atoms with Gasteiger partial charge in [0.15, 0.2) is 0 Å². The molecule has 3 nitrogen and oxygen atoms in total. The molecule has 94 valence electrons. The number of rotatable bonds is 5. The first-order valence-electron chi connectivity index (χ1n) is 5.92. The molecule has 2 unspecified atom stereocenters. The van der Waals surface area contributed by atoms with Crippen molar-refractivity contribution in [3.8, 4) is 0 Å². The minimum atomic E-state index is -0.573. The minimum absolute atomic E-state index is 0. The van der Waals surface area contributed by atoms with Crippen molar-refractivity contribution in [3.63, 3.8) is 0 Å². The Hall–Kier alpha value is 0.330. The molecule has 4 heteroatoms. The van der Waals surface area contributed by atoms with Crippen LogP contribution in [0.1, 0.15) is 46.0 Å².